The van der Waals surface area contributed by atoms with Gasteiger partial charge < -0.3 is 9.80 Å². The molecule has 5 nitrogen and oxygen atoms in total. The Labute approximate surface area is 139 Å². The van der Waals surface area contributed by atoms with Gasteiger partial charge in [0.15, 0.2) is 0 Å². The standard InChI is InChI=1S/C17H16ClN5/c18-13-3-4-16-15(10-13)17(21-12-20-16)23-8-6-22(7-9-23)14-2-1-5-19-11-14/h1-5,10-12H,6-9H2. The van der Waals surface area contributed by atoms with Crippen molar-refractivity contribution >= 4 is 34.0 Å². The summed E-state index contributed by atoms with van der Waals surface area (Å²) in [4.78, 5) is 17.7. The lowest BCUT2D eigenvalue weighted by Gasteiger charge is -2.36. The highest BCUT2D eigenvalue weighted by Gasteiger charge is 2.20. The number of pyridine rings is 1. The van der Waals surface area contributed by atoms with E-state index in [0.29, 0.717) is 5.02 Å². The second-order valence-corrected chi connectivity index (χ2v) is 5.98. The van der Waals surface area contributed by atoms with Crippen molar-refractivity contribution in [2.75, 3.05) is 36.0 Å². The van der Waals surface area contributed by atoms with E-state index in [4.69, 9.17) is 11.6 Å². The molecule has 1 aliphatic heterocycles. The molecule has 3 heterocycles. The van der Waals surface area contributed by atoms with Gasteiger partial charge in [-0.2, -0.15) is 0 Å². The van der Waals surface area contributed by atoms with Crippen molar-refractivity contribution in [3.63, 3.8) is 0 Å². The quantitative estimate of drug-likeness (QED) is 0.724. The van der Waals surface area contributed by atoms with E-state index in [1.54, 1.807) is 12.5 Å². The number of piperazine rings is 1. The molecular formula is C17H16ClN5. The van der Waals surface area contributed by atoms with Crippen LogP contribution in [-0.2, 0) is 0 Å². The number of fused-ring (bicyclic) bond motifs is 1. The van der Waals surface area contributed by atoms with Gasteiger partial charge >= 0.3 is 0 Å². The fourth-order valence-electron chi connectivity index (χ4n) is 2.98. The monoisotopic (exact) mass is 325 g/mol. The minimum Gasteiger partial charge on any atom is -0.367 e. The summed E-state index contributed by atoms with van der Waals surface area (Å²) in [5.41, 5.74) is 2.09. The Hall–Kier alpha value is -2.40. The Morgan fingerprint density at radius 2 is 1.78 bits per heavy atom. The van der Waals surface area contributed by atoms with Crippen molar-refractivity contribution in [1.29, 1.82) is 0 Å². The molecule has 0 saturated carbocycles. The van der Waals surface area contributed by atoms with Crippen LogP contribution >= 0.6 is 11.6 Å². The molecule has 1 aliphatic rings. The summed E-state index contributed by atoms with van der Waals surface area (Å²) in [6.45, 7) is 3.70. The SMILES string of the molecule is Clc1ccc2ncnc(N3CCN(c4cccnc4)CC3)c2c1. The predicted octanol–water partition coefficient (Wildman–Crippen LogP) is 3.00. The van der Waals surface area contributed by atoms with Crippen LogP contribution in [-0.4, -0.2) is 41.1 Å². The van der Waals surface area contributed by atoms with E-state index < -0.39 is 0 Å². The van der Waals surface area contributed by atoms with Crippen LogP contribution in [0.15, 0.2) is 49.1 Å². The molecule has 0 amide bonds. The van der Waals surface area contributed by atoms with E-state index >= 15 is 0 Å². The number of aromatic nitrogens is 3. The van der Waals surface area contributed by atoms with Crippen molar-refractivity contribution in [2.24, 2.45) is 0 Å². The maximum absolute atomic E-state index is 6.14. The van der Waals surface area contributed by atoms with Gasteiger partial charge in [-0.05, 0) is 30.3 Å². The molecule has 4 rings (SSSR count). The smallest absolute Gasteiger partial charge is 0.140 e. The Morgan fingerprint density at radius 3 is 2.57 bits per heavy atom. The molecule has 116 valence electrons. The maximum Gasteiger partial charge on any atom is 0.140 e. The minimum absolute atomic E-state index is 0.711. The Bertz CT molecular complexity index is 816. The van der Waals surface area contributed by atoms with Gasteiger partial charge in [0, 0.05) is 42.8 Å². The highest BCUT2D eigenvalue weighted by atomic mass is 35.5. The molecule has 0 spiro atoms. The van der Waals surface area contributed by atoms with E-state index in [1.807, 2.05) is 30.5 Å². The molecule has 23 heavy (non-hydrogen) atoms. The molecule has 2 aromatic heterocycles. The fraction of sp³-hybridized carbons (Fsp3) is 0.235. The zero-order valence-electron chi connectivity index (χ0n) is 12.6. The summed E-state index contributed by atoms with van der Waals surface area (Å²) >= 11 is 6.14. The van der Waals surface area contributed by atoms with Crippen LogP contribution in [0.2, 0.25) is 5.02 Å². The van der Waals surface area contributed by atoms with Gasteiger partial charge in [0.1, 0.15) is 12.1 Å². The van der Waals surface area contributed by atoms with Crippen molar-refractivity contribution in [1.82, 2.24) is 15.0 Å². The third-order valence-electron chi connectivity index (χ3n) is 4.17. The molecule has 0 unspecified atom stereocenters. The molecule has 0 aliphatic carbocycles. The third kappa shape index (κ3) is 2.80. The molecular weight excluding hydrogens is 310 g/mol. The number of benzene rings is 1. The summed E-state index contributed by atoms with van der Waals surface area (Å²) in [5, 5.41) is 1.72. The molecule has 3 aromatic rings. The number of hydrogen-bond acceptors (Lipinski definition) is 5. The lowest BCUT2D eigenvalue weighted by Crippen LogP contribution is -2.47. The zero-order chi connectivity index (χ0) is 15.6. The Kier molecular flexibility index (Phi) is 3.71. The van der Waals surface area contributed by atoms with Crippen LogP contribution < -0.4 is 9.80 Å². The third-order valence-corrected chi connectivity index (χ3v) is 4.40. The second kappa shape index (κ2) is 6.01. The topological polar surface area (TPSA) is 45.2 Å². The highest BCUT2D eigenvalue weighted by molar-refractivity contribution is 6.31. The van der Waals surface area contributed by atoms with Gasteiger partial charge in [-0.3, -0.25) is 4.98 Å². The van der Waals surface area contributed by atoms with E-state index in [0.717, 1.165) is 42.9 Å². The van der Waals surface area contributed by atoms with Crippen LogP contribution in [0.3, 0.4) is 0 Å². The largest absolute Gasteiger partial charge is 0.367 e. The lowest BCUT2D eigenvalue weighted by atomic mass is 10.2. The predicted molar refractivity (Wildman–Crippen MR) is 93.2 cm³/mol. The normalized spacial score (nSPS) is 15.2. The molecule has 1 aromatic carbocycles. The lowest BCUT2D eigenvalue weighted by molar-refractivity contribution is 0.648. The first-order chi connectivity index (χ1) is 11.3. The number of halogens is 1. The summed E-state index contributed by atoms with van der Waals surface area (Å²) < 4.78 is 0. The Morgan fingerprint density at radius 1 is 0.957 bits per heavy atom. The van der Waals surface area contributed by atoms with Gasteiger partial charge in [0.2, 0.25) is 0 Å². The summed E-state index contributed by atoms with van der Waals surface area (Å²) in [6, 6.07) is 9.82. The van der Waals surface area contributed by atoms with Crippen LogP contribution in [0, 0.1) is 0 Å². The molecule has 6 heteroatoms. The summed E-state index contributed by atoms with van der Waals surface area (Å²) in [7, 11) is 0. The fourth-order valence-corrected chi connectivity index (χ4v) is 3.16. The molecule has 1 fully saturated rings. The second-order valence-electron chi connectivity index (χ2n) is 5.54. The minimum atomic E-state index is 0.711. The van der Waals surface area contributed by atoms with Crippen molar-refractivity contribution in [2.45, 2.75) is 0 Å². The number of nitrogens with zero attached hydrogens (tertiary/aromatic N) is 5. The number of hydrogen-bond donors (Lipinski definition) is 0. The van der Waals surface area contributed by atoms with E-state index in [1.165, 1.54) is 5.69 Å². The maximum atomic E-state index is 6.14. The first-order valence-electron chi connectivity index (χ1n) is 7.61. The highest BCUT2D eigenvalue weighted by Crippen LogP contribution is 2.27. The van der Waals surface area contributed by atoms with Crippen molar-refractivity contribution < 1.29 is 0 Å². The molecule has 0 bridgehead atoms. The number of anilines is 2. The van der Waals surface area contributed by atoms with Crippen LogP contribution in [0.5, 0.6) is 0 Å². The number of rotatable bonds is 2. The summed E-state index contributed by atoms with van der Waals surface area (Å²) in [5.74, 6) is 0.961. The molecule has 1 saturated heterocycles. The zero-order valence-corrected chi connectivity index (χ0v) is 13.3. The van der Waals surface area contributed by atoms with Crippen LogP contribution in [0.4, 0.5) is 11.5 Å². The van der Waals surface area contributed by atoms with Crippen molar-refractivity contribution in [3.05, 3.63) is 54.1 Å². The van der Waals surface area contributed by atoms with Crippen LogP contribution in [0.25, 0.3) is 10.9 Å². The van der Waals surface area contributed by atoms with E-state index in [-0.39, 0.29) is 0 Å². The molecule has 0 atom stereocenters. The van der Waals surface area contributed by atoms with E-state index in [2.05, 4.69) is 30.8 Å². The average Bonchev–Trinajstić information content (AvgIpc) is 2.62. The van der Waals surface area contributed by atoms with Gasteiger partial charge in [-0.1, -0.05) is 11.6 Å². The van der Waals surface area contributed by atoms with Crippen LogP contribution in [0.1, 0.15) is 0 Å². The van der Waals surface area contributed by atoms with Gasteiger partial charge in [0.25, 0.3) is 0 Å². The van der Waals surface area contributed by atoms with Gasteiger partial charge in [-0.15, -0.1) is 0 Å². The molecule has 0 radical (unpaired) electrons. The first-order valence-corrected chi connectivity index (χ1v) is 7.99. The van der Waals surface area contributed by atoms with E-state index in [9.17, 15) is 0 Å². The first kappa shape index (κ1) is 14.2. The summed E-state index contributed by atoms with van der Waals surface area (Å²) in [6.07, 6.45) is 5.34. The Balaban J connectivity index is 1.58. The van der Waals surface area contributed by atoms with Crippen molar-refractivity contribution in [3.8, 4) is 0 Å². The molecule has 0 N–H and O–H groups in total. The average molecular weight is 326 g/mol. The van der Waals surface area contributed by atoms with Gasteiger partial charge in [-0.25, -0.2) is 9.97 Å². The van der Waals surface area contributed by atoms with Gasteiger partial charge in [0.05, 0.1) is 17.4 Å².